The third-order valence-corrected chi connectivity index (χ3v) is 5.10. The van der Waals surface area contributed by atoms with Crippen molar-refractivity contribution in [3.63, 3.8) is 0 Å². The molecule has 1 aromatic carbocycles. The summed E-state index contributed by atoms with van der Waals surface area (Å²) >= 11 is 0. The van der Waals surface area contributed by atoms with E-state index in [2.05, 4.69) is 10.6 Å². The first kappa shape index (κ1) is 16.0. The third kappa shape index (κ3) is 3.55. The standard InChI is InChI=1S/C18H25N3O2/c1-12(19-17(22)13-6-4-3-5-7-13)18(23)21(2)16-10-14-8-9-15(11-16)20-14/h3-7,12,14-16,20H,8-11H2,1-2H3,(H,19,22). The lowest BCUT2D eigenvalue weighted by Crippen LogP contribution is -2.53. The molecule has 3 rings (SSSR count). The number of nitrogens with one attached hydrogen (secondary N) is 2. The number of fused-ring (bicyclic) bond motifs is 2. The van der Waals surface area contributed by atoms with E-state index in [-0.39, 0.29) is 17.9 Å². The number of amides is 2. The van der Waals surface area contributed by atoms with Gasteiger partial charge in [-0.15, -0.1) is 0 Å². The molecule has 0 aliphatic carbocycles. The Morgan fingerprint density at radius 2 is 1.78 bits per heavy atom. The molecule has 3 unspecified atom stereocenters. The number of piperidine rings is 1. The minimum Gasteiger partial charge on any atom is -0.341 e. The van der Waals surface area contributed by atoms with Crippen molar-refractivity contribution in [3.05, 3.63) is 35.9 Å². The predicted molar refractivity (Wildman–Crippen MR) is 89.1 cm³/mol. The van der Waals surface area contributed by atoms with Crippen LogP contribution in [-0.2, 0) is 4.79 Å². The van der Waals surface area contributed by atoms with E-state index in [0.717, 1.165) is 12.8 Å². The van der Waals surface area contributed by atoms with Crippen molar-refractivity contribution in [1.29, 1.82) is 0 Å². The van der Waals surface area contributed by atoms with Crippen molar-refractivity contribution in [2.45, 2.75) is 56.8 Å². The molecule has 5 nitrogen and oxygen atoms in total. The van der Waals surface area contributed by atoms with Gasteiger partial charge in [-0.1, -0.05) is 18.2 Å². The Morgan fingerprint density at radius 3 is 2.39 bits per heavy atom. The van der Waals surface area contributed by atoms with E-state index < -0.39 is 6.04 Å². The number of benzene rings is 1. The summed E-state index contributed by atoms with van der Waals surface area (Å²) in [6.45, 7) is 1.76. The van der Waals surface area contributed by atoms with Crippen molar-refractivity contribution in [2.24, 2.45) is 0 Å². The van der Waals surface area contributed by atoms with Gasteiger partial charge in [0, 0.05) is 30.7 Å². The van der Waals surface area contributed by atoms with Gasteiger partial charge in [0.1, 0.15) is 6.04 Å². The smallest absolute Gasteiger partial charge is 0.251 e. The van der Waals surface area contributed by atoms with E-state index >= 15 is 0 Å². The normalized spacial score (nSPS) is 27.3. The molecule has 124 valence electrons. The highest BCUT2D eigenvalue weighted by Gasteiger charge is 2.37. The van der Waals surface area contributed by atoms with Gasteiger partial charge in [-0.05, 0) is 44.7 Å². The van der Waals surface area contributed by atoms with Crippen molar-refractivity contribution in [1.82, 2.24) is 15.5 Å². The summed E-state index contributed by atoms with van der Waals surface area (Å²) in [6, 6.07) is 9.85. The van der Waals surface area contributed by atoms with Gasteiger partial charge >= 0.3 is 0 Å². The van der Waals surface area contributed by atoms with Crippen molar-refractivity contribution in [2.75, 3.05) is 7.05 Å². The molecule has 23 heavy (non-hydrogen) atoms. The number of hydrogen-bond donors (Lipinski definition) is 2. The Morgan fingerprint density at radius 1 is 1.17 bits per heavy atom. The van der Waals surface area contributed by atoms with E-state index in [1.165, 1.54) is 12.8 Å². The number of hydrogen-bond acceptors (Lipinski definition) is 3. The van der Waals surface area contributed by atoms with Crippen LogP contribution in [0.25, 0.3) is 0 Å². The maximum atomic E-state index is 12.6. The van der Waals surface area contributed by atoms with E-state index in [1.807, 2.05) is 30.1 Å². The summed E-state index contributed by atoms with van der Waals surface area (Å²) in [7, 11) is 1.86. The molecule has 0 spiro atoms. The molecule has 2 aliphatic rings. The largest absolute Gasteiger partial charge is 0.341 e. The third-order valence-electron chi connectivity index (χ3n) is 5.10. The number of likely N-dealkylation sites (N-methyl/N-ethyl adjacent to an activating group) is 1. The fourth-order valence-electron chi connectivity index (χ4n) is 3.76. The van der Waals surface area contributed by atoms with Crippen LogP contribution in [0.5, 0.6) is 0 Å². The van der Waals surface area contributed by atoms with Crippen LogP contribution in [-0.4, -0.2) is 47.9 Å². The monoisotopic (exact) mass is 315 g/mol. The van der Waals surface area contributed by atoms with E-state index in [9.17, 15) is 9.59 Å². The molecule has 1 aromatic rings. The van der Waals surface area contributed by atoms with Crippen LogP contribution >= 0.6 is 0 Å². The lowest BCUT2D eigenvalue weighted by atomic mass is 9.98. The van der Waals surface area contributed by atoms with Crippen molar-refractivity contribution < 1.29 is 9.59 Å². The molecule has 2 bridgehead atoms. The van der Waals surface area contributed by atoms with E-state index in [4.69, 9.17) is 0 Å². The average molecular weight is 315 g/mol. The molecule has 2 N–H and O–H groups in total. The molecular weight excluding hydrogens is 290 g/mol. The van der Waals surface area contributed by atoms with Crippen LogP contribution in [0.15, 0.2) is 30.3 Å². The summed E-state index contributed by atoms with van der Waals surface area (Å²) in [5.74, 6) is -0.217. The van der Waals surface area contributed by atoms with Gasteiger partial charge in [-0.2, -0.15) is 0 Å². The molecular formula is C18H25N3O2. The first-order valence-corrected chi connectivity index (χ1v) is 8.43. The van der Waals surface area contributed by atoms with Crippen LogP contribution in [0, 0.1) is 0 Å². The molecule has 2 saturated heterocycles. The zero-order chi connectivity index (χ0) is 16.4. The van der Waals surface area contributed by atoms with Gasteiger partial charge in [0.2, 0.25) is 5.91 Å². The van der Waals surface area contributed by atoms with Crippen molar-refractivity contribution >= 4 is 11.8 Å². The molecule has 0 saturated carbocycles. The maximum absolute atomic E-state index is 12.6. The van der Waals surface area contributed by atoms with Gasteiger partial charge in [-0.3, -0.25) is 9.59 Å². The Kier molecular flexibility index (Phi) is 4.66. The first-order chi connectivity index (χ1) is 11.0. The topological polar surface area (TPSA) is 61.4 Å². The molecule has 5 heteroatoms. The molecule has 0 aromatic heterocycles. The van der Waals surface area contributed by atoms with Gasteiger partial charge in [0.25, 0.3) is 5.91 Å². The first-order valence-electron chi connectivity index (χ1n) is 8.43. The number of rotatable bonds is 4. The number of carbonyl (C=O) groups excluding carboxylic acids is 2. The molecule has 2 fully saturated rings. The lowest BCUT2D eigenvalue weighted by molar-refractivity contribution is -0.134. The number of nitrogens with zero attached hydrogens (tertiary/aromatic N) is 1. The number of carbonyl (C=O) groups is 2. The fraction of sp³-hybridized carbons (Fsp3) is 0.556. The fourth-order valence-corrected chi connectivity index (χ4v) is 3.76. The van der Waals surface area contributed by atoms with Crippen LogP contribution in [0.2, 0.25) is 0 Å². The highest BCUT2D eigenvalue weighted by Crippen LogP contribution is 2.29. The zero-order valence-corrected chi connectivity index (χ0v) is 13.8. The average Bonchev–Trinajstić information content (AvgIpc) is 2.92. The Labute approximate surface area is 137 Å². The molecule has 0 radical (unpaired) electrons. The van der Waals surface area contributed by atoms with Crippen LogP contribution in [0.3, 0.4) is 0 Å². The summed E-state index contributed by atoms with van der Waals surface area (Å²) < 4.78 is 0. The van der Waals surface area contributed by atoms with Crippen LogP contribution in [0.1, 0.15) is 43.0 Å². The van der Waals surface area contributed by atoms with Gasteiger partial charge in [0.15, 0.2) is 0 Å². The minimum atomic E-state index is -0.514. The molecule has 2 aliphatic heterocycles. The zero-order valence-electron chi connectivity index (χ0n) is 13.8. The highest BCUT2D eigenvalue weighted by molar-refractivity contribution is 5.97. The molecule has 3 atom stereocenters. The summed E-state index contributed by atoms with van der Waals surface area (Å²) in [5.41, 5.74) is 0.578. The second kappa shape index (κ2) is 6.71. The molecule has 2 amide bonds. The van der Waals surface area contributed by atoms with E-state index in [0.29, 0.717) is 17.6 Å². The second-order valence-electron chi connectivity index (χ2n) is 6.77. The van der Waals surface area contributed by atoms with Gasteiger partial charge in [-0.25, -0.2) is 0 Å². The Balaban J connectivity index is 1.57. The molecule has 2 heterocycles. The maximum Gasteiger partial charge on any atom is 0.251 e. The predicted octanol–water partition coefficient (Wildman–Crippen LogP) is 1.55. The van der Waals surface area contributed by atoms with Crippen LogP contribution in [0.4, 0.5) is 0 Å². The quantitative estimate of drug-likeness (QED) is 0.886. The Bertz CT molecular complexity index is 563. The SMILES string of the molecule is CC(NC(=O)c1ccccc1)C(=O)N(C)C1CC2CCC(C1)N2. The summed E-state index contributed by atoms with van der Waals surface area (Å²) in [6.07, 6.45) is 4.45. The Hall–Kier alpha value is -1.88. The van der Waals surface area contributed by atoms with Crippen molar-refractivity contribution in [3.8, 4) is 0 Å². The van der Waals surface area contributed by atoms with Gasteiger partial charge in [0.05, 0.1) is 0 Å². The van der Waals surface area contributed by atoms with Gasteiger partial charge < -0.3 is 15.5 Å². The van der Waals surface area contributed by atoms with E-state index in [1.54, 1.807) is 19.1 Å². The second-order valence-corrected chi connectivity index (χ2v) is 6.77. The highest BCUT2D eigenvalue weighted by atomic mass is 16.2. The lowest BCUT2D eigenvalue weighted by Gasteiger charge is -2.36. The minimum absolute atomic E-state index is 0.0134. The summed E-state index contributed by atoms with van der Waals surface area (Å²) in [4.78, 5) is 26.6. The summed E-state index contributed by atoms with van der Waals surface area (Å²) in [5, 5.41) is 6.40. The van der Waals surface area contributed by atoms with Crippen LogP contribution < -0.4 is 10.6 Å².